The van der Waals surface area contributed by atoms with Crippen molar-refractivity contribution in [3.8, 4) is 0 Å². The van der Waals surface area contributed by atoms with Gasteiger partial charge >= 0.3 is 5.97 Å². The maximum Gasteiger partial charge on any atom is 0.308 e. The first-order chi connectivity index (χ1) is 33.4. The highest BCUT2D eigenvalue weighted by Gasteiger charge is 2.64. The highest BCUT2D eigenvalue weighted by molar-refractivity contribution is 5.68. The van der Waals surface area contributed by atoms with Crippen molar-refractivity contribution >= 4 is 5.97 Å². The number of hydrogen-bond acceptors (Lipinski definition) is 18. The van der Waals surface area contributed by atoms with E-state index in [1.807, 2.05) is 41.5 Å². The molecule has 1 spiro atoms. The predicted molar refractivity (Wildman–Crippen MR) is 251 cm³/mol. The van der Waals surface area contributed by atoms with Gasteiger partial charge in [0.25, 0.3) is 0 Å². The molecule has 19 heteroatoms. The van der Waals surface area contributed by atoms with Gasteiger partial charge in [-0.25, -0.2) is 0 Å². The number of aliphatic carboxylic acids is 1. The number of aliphatic hydroxyl groups is 4. The van der Waals surface area contributed by atoms with Gasteiger partial charge in [-0.3, -0.25) is 4.79 Å². The molecule has 0 bridgehead atoms. The molecule has 410 valence electrons. The van der Waals surface area contributed by atoms with Crippen LogP contribution in [0.25, 0.3) is 0 Å². The van der Waals surface area contributed by atoms with Crippen molar-refractivity contribution in [3.63, 3.8) is 0 Å². The van der Waals surface area contributed by atoms with E-state index in [2.05, 4.69) is 13.8 Å². The average Bonchev–Trinajstić information content (AvgIpc) is 4.03. The van der Waals surface area contributed by atoms with Crippen molar-refractivity contribution < 1.29 is 91.9 Å². The van der Waals surface area contributed by atoms with Gasteiger partial charge in [-0.2, -0.15) is 0 Å². The molecule has 8 aliphatic rings. The van der Waals surface area contributed by atoms with Crippen LogP contribution in [0.5, 0.6) is 0 Å². The van der Waals surface area contributed by atoms with E-state index < -0.39 is 139 Å². The van der Waals surface area contributed by atoms with E-state index in [0.29, 0.717) is 57.8 Å². The third-order valence-electron chi connectivity index (χ3n) is 18.4. The van der Waals surface area contributed by atoms with Gasteiger partial charge in [-0.15, -0.1) is 0 Å². The summed E-state index contributed by atoms with van der Waals surface area (Å²) in [6.45, 7) is 17.0. The van der Waals surface area contributed by atoms with Gasteiger partial charge in [0.15, 0.2) is 29.9 Å². The summed E-state index contributed by atoms with van der Waals surface area (Å²) < 4.78 is 84.7. The maximum atomic E-state index is 12.3. The zero-order valence-corrected chi connectivity index (χ0v) is 44.3. The van der Waals surface area contributed by atoms with Crippen LogP contribution in [0, 0.1) is 29.6 Å². The minimum atomic E-state index is -2.13. The Morgan fingerprint density at radius 1 is 0.704 bits per heavy atom. The molecule has 26 atom stereocenters. The van der Waals surface area contributed by atoms with Gasteiger partial charge in [-0.05, 0) is 72.1 Å². The summed E-state index contributed by atoms with van der Waals surface area (Å²) in [4.78, 5) is 12.3. The Balaban J connectivity index is 0.993. The normalized spacial score (nSPS) is 53.3. The molecule has 0 radical (unpaired) electrons. The van der Waals surface area contributed by atoms with E-state index >= 15 is 0 Å². The topological polar surface area (TPSA) is 238 Å². The van der Waals surface area contributed by atoms with Crippen LogP contribution in [0.2, 0.25) is 0 Å². The molecular weight excluding hydrogens is 929 g/mol. The molecule has 8 rings (SSSR count). The zero-order valence-electron chi connectivity index (χ0n) is 44.3. The van der Waals surface area contributed by atoms with Crippen LogP contribution in [-0.2, 0) is 66.4 Å². The number of rotatable bonds is 15. The summed E-state index contributed by atoms with van der Waals surface area (Å²) in [5.74, 6) is -8.31. The van der Waals surface area contributed by atoms with Crippen LogP contribution >= 0.6 is 0 Å². The number of ether oxygens (including phenoxy) is 13. The Morgan fingerprint density at radius 3 is 1.94 bits per heavy atom. The summed E-state index contributed by atoms with van der Waals surface area (Å²) >= 11 is 0. The molecule has 0 unspecified atom stereocenters. The minimum Gasteiger partial charge on any atom is -0.481 e. The summed E-state index contributed by atoms with van der Waals surface area (Å²) in [6, 6.07) is 0. The number of carboxylic acids is 1. The SMILES string of the molecule is CO[C@@H]1[C@@H](O[C@H]2CC[C@H](OC)[C@@H](C)O2)[C@H](C)[C@@](O)(CC(=O)O)O[C@H]1[C@@H](C)[C@H]1O[C@@]2(CC[C@@](C)([C@H]3CC[C@@](C)([C@@H]4O[C@@H]([C@H]5O[C@@](O)(CO)[C@H](C)C[C@@H]5C)C[C@@H]4O[C@H]4CC[C@H](OC)[C@@H](C)O4)O3)O2)C[C@H](O)[C@H]1C. The smallest absolute Gasteiger partial charge is 0.308 e. The van der Waals surface area contributed by atoms with E-state index in [1.54, 1.807) is 28.3 Å². The quantitative estimate of drug-likeness (QED) is 0.151. The number of carbonyl (C=O) groups is 1. The molecule has 5 N–H and O–H groups in total. The van der Waals surface area contributed by atoms with Crippen molar-refractivity contribution in [3.05, 3.63) is 0 Å². The van der Waals surface area contributed by atoms with Crippen molar-refractivity contribution in [2.45, 2.75) is 266 Å². The second-order valence-corrected chi connectivity index (χ2v) is 23.4. The lowest BCUT2D eigenvalue weighted by atomic mass is 9.75. The molecule has 0 amide bonds. The Bertz CT molecular complexity index is 1800. The average molecular weight is 1020 g/mol. The summed E-state index contributed by atoms with van der Waals surface area (Å²) in [6.07, 6.45) is -2.52. The summed E-state index contributed by atoms with van der Waals surface area (Å²) in [5, 5.41) is 55.6. The Morgan fingerprint density at radius 2 is 1.35 bits per heavy atom. The minimum absolute atomic E-state index is 0.0331. The van der Waals surface area contributed by atoms with Gasteiger partial charge in [0, 0.05) is 77.1 Å². The van der Waals surface area contributed by atoms with E-state index in [4.69, 9.17) is 61.6 Å². The largest absolute Gasteiger partial charge is 0.481 e. The molecule has 0 aromatic heterocycles. The molecule has 8 fully saturated rings. The van der Waals surface area contributed by atoms with Crippen LogP contribution in [0.4, 0.5) is 0 Å². The standard InChI is InChI=1S/C52H88O19/c1-26-21-27(2)52(58,25-53)69-42(26)36-22-37(64-40-15-13-34(59-10)31(6)62-40)47(65-36)49(9)18-17-38(67-49)48(8)19-20-50(71-48)23-33(54)28(3)43(68-50)29(4)44-46(61-12)45(30(5)51(57,70-44)24-39(55)56)66-41-16-14-35(60-11)32(7)63-41/h26-38,40-47,53-54,57-58H,13-25H2,1-12H3,(H,55,56)/t26-,27+,28+,29-,30-,31+,32+,33-,34-,35-,36+,37-,38+,40-,41-,42-,43-,44-,45-,46-,47+,48-,49-,50+,51+,52-/m0/s1. The fourth-order valence-corrected chi connectivity index (χ4v) is 13.8. The van der Waals surface area contributed by atoms with E-state index in [9.17, 15) is 30.3 Å². The van der Waals surface area contributed by atoms with Crippen LogP contribution in [0.15, 0.2) is 0 Å². The second kappa shape index (κ2) is 21.7. The molecule has 8 heterocycles. The van der Waals surface area contributed by atoms with Gasteiger partial charge in [0.05, 0.1) is 97.5 Å². The highest BCUT2D eigenvalue weighted by atomic mass is 16.7. The number of carboxylic acid groups (broad SMARTS) is 1. The molecule has 0 aliphatic carbocycles. The lowest BCUT2D eigenvalue weighted by Crippen LogP contribution is -2.66. The predicted octanol–water partition coefficient (Wildman–Crippen LogP) is 4.57. The monoisotopic (exact) mass is 1020 g/mol. The zero-order chi connectivity index (χ0) is 51.6. The fourth-order valence-electron chi connectivity index (χ4n) is 13.8. The molecule has 8 aliphatic heterocycles. The molecule has 0 saturated carbocycles. The van der Waals surface area contributed by atoms with Crippen LogP contribution in [0.3, 0.4) is 0 Å². The van der Waals surface area contributed by atoms with E-state index in [-0.39, 0.29) is 42.7 Å². The van der Waals surface area contributed by atoms with Crippen LogP contribution < -0.4 is 0 Å². The summed E-state index contributed by atoms with van der Waals surface area (Å²) in [7, 11) is 4.88. The third-order valence-corrected chi connectivity index (χ3v) is 18.4. The van der Waals surface area contributed by atoms with Crippen LogP contribution in [-0.4, -0.2) is 186 Å². The first kappa shape index (κ1) is 56.0. The number of hydrogen-bond donors (Lipinski definition) is 5. The van der Waals surface area contributed by atoms with Crippen molar-refractivity contribution in [1.82, 2.24) is 0 Å². The Hall–Kier alpha value is -1.21. The van der Waals surface area contributed by atoms with Gasteiger partial charge in [-0.1, -0.05) is 34.6 Å². The molecule has 0 aromatic carbocycles. The fraction of sp³-hybridized carbons (Fsp3) is 0.981. The molecule has 0 aromatic rings. The second-order valence-electron chi connectivity index (χ2n) is 23.4. The molecule has 71 heavy (non-hydrogen) atoms. The first-order valence-corrected chi connectivity index (χ1v) is 26.7. The number of methoxy groups -OCH3 is 3. The van der Waals surface area contributed by atoms with Crippen LogP contribution in [0.1, 0.15) is 139 Å². The molecule has 8 saturated heterocycles. The molecule has 19 nitrogen and oxygen atoms in total. The van der Waals surface area contributed by atoms with Gasteiger partial charge < -0.3 is 87.1 Å². The summed E-state index contributed by atoms with van der Waals surface area (Å²) in [5.41, 5.74) is -1.67. The highest BCUT2D eigenvalue weighted by Crippen LogP contribution is 2.55. The van der Waals surface area contributed by atoms with E-state index in [1.165, 1.54) is 0 Å². The van der Waals surface area contributed by atoms with Crippen molar-refractivity contribution in [1.29, 1.82) is 0 Å². The molecular formula is C52H88O19. The Kier molecular flexibility index (Phi) is 17.1. The maximum absolute atomic E-state index is 12.3. The Labute approximate surface area is 420 Å². The lowest BCUT2D eigenvalue weighted by Gasteiger charge is -2.54. The number of aliphatic hydroxyl groups excluding tert-OH is 2. The van der Waals surface area contributed by atoms with Crippen molar-refractivity contribution in [2.75, 3.05) is 27.9 Å². The van der Waals surface area contributed by atoms with Gasteiger partial charge in [0.2, 0.25) is 0 Å². The van der Waals surface area contributed by atoms with E-state index in [0.717, 1.165) is 6.42 Å². The van der Waals surface area contributed by atoms with Crippen molar-refractivity contribution in [2.24, 2.45) is 29.6 Å². The third kappa shape index (κ3) is 11.0. The van der Waals surface area contributed by atoms with Gasteiger partial charge in [0.1, 0.15) is 12.2 Å². The first-order valence-electron chi connectivity index (χ1n) is 26.7. The lowest BCUT2D eigenvalue weighted by molar-refractivity contribution is -0.377.